The van der Waals surface area contributed by atoms with Crippen LogP contribution in [-0.2, 0) is 6.42 Å². The summed E-state index contributed by atoms with van der Waals surface area (Å²) < 4.78 is 0. The first-order valence-corrected chi connectivity index (χ1v) is 13.2. The van der Waals surface area contributed by atoms with Gasteiger partial charge >= 0.3 is 0 Å². The van der Waals surface area contributed by atoms with E-state index in [0.717, 1.165) is 66.6 Å². The minimum atomic E-state index is 0.609. The summed E-state index contributed by atoms with van der Waals surface area (Å²) in [4.78, 5) is 13.8. The largest absolute Gasteiger partial charge is 0.369 e. The topological polar surface area (TPSA) is 82.7 Å². The number of aryl methyl sites for hydroxylation is 1. The molecular weight excluding hydrogens is 464 g/mol. The van der Waals surface area contributed by atoms with Crippen molar-refractivity contribution in [2.24, 2.45) is 0 Å². The molecule has 1 saturated heterocycles. The van der Waals surface area contributed by atoms with Gasteiger partial charge in [-0.15, -0.1) is 0 Å². The zero-order valence-corrected chi connectivity index (χ0v) is 21.0. The maximum Gasteiger partial charge on any atom is 0.119 e. The Hall–Kier alpha value is -3.78. The normalized spacial score (nSPS) is 14.0. The van der Waals surface area contributed by atoms with E-state index in [0.29, 0.717) is 5.56 Å². The lowest BCUT2D eigenvalue weighted by molar-refractivity contribution is 0.253. The monoisotopic (exact) mass is 492 g/mol. The van der Waals surface area contributed by atoms with Gasteiger partial charge in [0.1, 0.15) is 11.1 Å². The van der Waals surface area contributed by atoms with E-state index in [-0.39, 0.29) is 0 Å². The molecule has 0 saturated carbocycles. The number of H-pyrrole nitrogens is 1. The Morgan fingerprint density at radius 3 is 2.56 bits per heavy atom. The van der Waals surface area contributed by atoms with E-state index >= 15 is 0 Å². The summed E-state index contributed by atoms with van der Waals surface area (Å²) in [6.07, 6.45) is 7.17. The quantitative estimate of drug-likeness (QED) is 0.322. The minimum Gasteiger partial charge on any atom is -0.369 e. The lowest BCUT2D eigenvalue weighted by atomic mass is 10.1. The van der Waals surface area contributed by atoms with Crippen LogP contribution in [-0.4, -0.2) is 47.6 Å². The van der Waals surface area contributed by atoms with Crippen molar-refractivity contribution in [1.82, 2.24) is 14.9 Å². The molecule has 0 atom stereocenters. The number of fused-ring (bicyclic) bond motifs is 1. The Bertz CT molecular complexity index is 1400. The number of hydrogen-bond acceptors (Lipinski definition) is 6. The number of aromatic nitrogens is 2. The average Bonchev–Trinajstić information content (AvgIpc) is 3.34. The maximum atomic E-state index is 9.27. The van der Waals surface area contributed by atoms with Crippen molar-refractivity contribution in [3.8, 4) is 12.1 Å². The highest BCUT2D eigenvalue weighted by molar-refractivity contribution is 7.99. The highest BCUT2D eigenvalue weighted by Crippen LogP contribution is 2.30. The molecule has 2 aromatic carbocycles. The van der Waals surface area contributed by atoms with Gasteiger partial charge < -0.3 is 9.88 Å². The number of anilines is 1. The van der Waals surface area contributed by atoms with Crippen LogP contribution in [0, 0.1) is 22.7 Å². The molecular formula is C29H28N6S. The van der Waals surface area contributed by atoms with Gasteiger partial charge in [0.25, 0.3) is 0 Å². The molecule has 3 heterocycles. The zero-order chi connectivity index (χ0) is 24.7. The number of rotatable bonds is 8. The molecule has 2 aromatic heterocycles. The van der Waals surface area contributed by atoms with Gasteiger partial charge in [-0.1, -0.05) is 11.8 Å². The number of pyridine rings is 1. The van der Waals surface area contributed by atoms with Gasteiger partial charge in [-0.05, 0) is 86.0 Å². The van der Waals surface area contributed by atoms with E-state index in [1.165, 1.54) is 34.8 Å². The van der Waals surface area contributed by atoms with Crippen molar-refractivity contribution < 1.29 is 0 Å². The van der Waals surface area contributed by atoms with Gasteiger partial charge in [0.2, 0.25) is 0 Å². The number of benzene rings is 2. The number of nitriles is 2. The molecule has 1 fully saturated rings. The molecule has 36 heavy (non-hydrogen) atoms. The van der Waals surface area contributed by atoms with Crippen LogP contribution in [0.4, 0.5) is 5.69 Å². The summed E-state index contributed by atoms with van der Waals surface area (Å²) in [5, 5.41) is 20.4. The molecule has 0 spiro atoms. The summed E-state index contributed by atoms with van der Waals surface area (Å²) in [5.41, 5.74) is 4.99. The third-order valence-electron chi connectivity index (χ3n) is 6.75. The number of piperazine rings is 1. The van der Waals surface area contributed by atoms with E-state index in [2.05, 4.69) is 62.4 Å². The zero-order valence-electron chi connectivity index (χ0n) is 20.2. The van der Waals surface area contributed by atoms with Crippen molar-refractivity contribution in [2.75, 3.05) is 37.6 Å². The number of nitrogens with one attached hydrogen (secondary N) is 1. The van der Waals surface area contributed by atoms with E-state index in [4.69, 9.17) is 0 Å². The number of hydrogen-bond donors (Lipinski definition) is 1. The fourth-order valence-corrected chi connectivity index (χ4v) is 5.56. The Morgan fingerprint density at radius 1 is 0.944 bits per heavy atom. The standard InChI is InChI=1S/C29H28N6S/c30-19-22-6-11-28-27(18-22)24(21-33-28)4-1-2-13-34-14-16-35(17-15-34)25-7-9-26(10-8-25)36-29-23(20-31)5-3-12-32-29/h3,5-12,18,21,33H,1-2,4,13-17H2. The summed E-state index contributed by atoms with van der Waals surface area (Å²) in [6.45, 7) is 5.35. The second-order valence-electron chi connectivity index (χ2n) is 9.04. The van der Waals surface area contributed by atoms with Crippen LogP contribution in [0.3, 0.4) is 0 Å². The predicted molar refractivity (Wildman–Crippen MR) is 144 cm³/mol. The second kappa shape index (κ2) is 11.3. The smallest absolute Gasteiger partial charge is 0.119 e. The summed E-state index contributed by atoms with van der Waals surface area (Å²) in [6, 6.07) is 22.5. The lowest BCUT2D eigenvalue weighted by Crippen LogP contribution is -2.46. The van der Waals surface area contributed by atoms with Gasteiger partial charge in [-0.25, -0.2) is 4.98 Å². The second-order valence-corrected chi connectivity index (χ2v) is 10.1. The molecule has 4 aromatic rings. The van der Waals surface area contributed by atoms with Gasteiger partial charge in [0.05, 0.1) is 17.2 Å². The molecule has 0 unspecified atom stereocenters. The van der Waals surface area contributed by atoms with Crippen molar-refractivity contribution in [1.29, 1.82) is 10.5 Å². The fourth-order valence-electron chi connectivity index (χ4n) is 4.73. The third kappa shape index (κ3) is 5.54. The van der Waals surface area contributed by atoms with E-state index < -0.39 is 0 Å². The fraction of sp³-hybridized carbons (Fsp3) is 0.276. The molecule has 1 aliphatic rings. The molecule has 6 nitrogen and oxygen atoms in total. The number of nitrogens with zero attached hydrogens (tertiary/aromatic N) is 5. The molecule has 0 bridgehead atoms. The highest BCUT2D eigenvalue weighted by Gasteiger charge is 2.17. The molecule has 5 rings (SSSR count). The Morgan fingerprint density at radius 2 is 1.78 bits per heavy atom. The molecule has 0 radical (unpaired) electrons. The summed E-state index contributed by atoms with van der Waals surface area (Å²) >= 11 is 1.53. The van der Waals surface area contributed by atoms with Crippen LogP contribution < -0.4 is 4.90 Å². The first kappa shape index (κ1) is 23.9. The predicted octanol–water partition coefficient (Wildman–Crippen LogP) is 5.60. The summed E-state index contributed by atoms with van der Waals surface area (Å²) in [5.74, 6) is 0. The molecule has 0 amide bonds. The first-order chi connectivity index (χ1) is 17.7. The Kier molecular flexibility index (Phi) is 7.52. The van der Waals surface area contributed by atoms with Crippen molar-refractivity contribution >= 4 is 28.4 Å². The Balaban J connectivity index is 1.07. The van der Waals surface area contributed by atoms with Crippen molar-refractivity contribution in [2.45, 2.75) is 29.2 Å². The van der Waals surface area contributed by atoms with Gasteiger partial charge in [-0.3, -0.25) is 4.90 Å². The van der Waals surface area contributed by atoms with Crippen LogP contribution in [0.25, 0.3) is 10.9 Å². The van der Waals surface area contributed by atoms with Crippen LogP contribution in [0.1, 0.15) is 29.5 Å². The first-order valence-electron chi connectivity index (χ1n) is 12.3. The molecule has 1 N–H and O–H groups in total. The highest BCUT2D eigenvalue weighted by atomic mass is 32.2. The van der Waals surface area contributed by atoms with Gasteiger partial charge in [0, 0.05) is 60.1 Å². The van der Waals surface area contributed by atoms with Crippen LogP contribution >= 0.6 is 11.8 Å². The molecule has 180 valence electrons. The molecule has 1 aliphatic heterocycles. The van der Waals surface area contributed by atoms with Crippen LogP contribution in [0.2, 0.25) is 0 Å². The van der Waals surface area contributed by atoms with Crippen LogP contribution in [0.5, 0.6) is 0 Å². The van der Waals surface area contributed by atoms with E-state index in [9.17, 15) is 10.5 Å². The maximum absolute atomic E-state index is 9.27. The lowest BCUT2D eigenvalue weighted by Gasteiger charge is -2.36. The summed E-state index contributed by atoms with van der Waals surface area (Å²) in [7, 11) is 0. The minimum absolute atomic E-state index is 0.609. The number of aromatic amines is 1. The van der Waals surface area contributed by atoms with Gasteiger partial charge in [0.15, 0.2) is 0 Å². The van der Waals surface area contributed by atoms with Crippen molar-refractivity contribution in [3.05, 3.63) is 83.7 Å². The number of unbranched alkanes of at least 4 members (excludes halogenated alkanes) is 1. The van der Waals surface area contributed by atoms with Crippen molar-refractivity contribution in [3.63, 3.8) is 0 Å². The Labute approximate surface area is 216 Å². The SMILES string of the molecule is N#Cc1ccc2[nH]cc(CCCCN3CCN(c4ccc(Sc5ncccc5C#N)cc4)CC3)c2c1. The molecule has 0 aliphatic carbocycles. The molecule has 7 heteroatoms. The van der Waals surface area contributed by atoms with E-state index in [1.807, 2.05) is 18.2 Å². The third-order valence-corrected chi connectivity index (χ3v) is 7.77. The van der Waals surface area contributed by atoms with Gasteiger partial charge in [-0.2, -0.15) is 10.5 Å². The van der Waals surface area contributed by atoms with E-state index in [1.54, 1.807) is 18.3 Å². The average molecular weight is 493 g/mol. The van der Waals surface area contributed by atoms with Crippen LogP contribution in [0.15, 0.2) is 76.9 Å².